The summed E-state index contributed by atoms with van der Waals surface area (Å²) in [6.45, 7) is 7.28. The molecule has 0 unspecified atom stereocenters. The third-order valence-corrected chi connectivity index (χ3v) is 5.95. The van der Waals surface area contributed by atoms with E-state index >= 15 is 0 Å². The minimum atomic E-state index is -0.363. The number of ether oxygens (including phenoxy) is 1. The van der Waals surface area contributed by atoms with Gasteiger partial charge in [-0.05, 0) is 66.1 Å². The first-order valence-corrected chi connectivity index (χ1v) is 10.9. The van der Waals surface area contributed by atoms with Crippen LogP contribution in [-0.4, -0.2) is 19.2 Å². The molecule has 3 nitrogen and oxygen atoms in total. The van der Waals surface area contributed by atoms with Gasteiger partial charge in [-0.3, -0.25) is 0 Å². The molecule has 158 valence electrons. The number of hydrogen-bond acceptors (Lipinski definition) is 2. The van der Waals surface area contributed by atoms with Crippen molar-refractivity contribution in [3.8, 4) is 11.1 Å². The van der Waals surface area contributed by atoms with Gasteiger partial charge in [0.15, 0.2) is 0 Å². The lowest BCUT2D eigenvalue weighted by molar-refractivity contribution is 0.143. The largest absolute Gasteiger partial charge is 0.449 e. The van der Waals surface area contributed by atoms with Gasteiger partial charge in [0.2, 0.25) is 0 Å². The summed E-state index contributed by atoms with van der Waals surface area (Å²) in [6, 6.07) is 21.1. The van der Waals surface area contributed by atoms with Crippen LogP contribution in [0.15, 0.2) is 66.7 Å². The van der Waals surface area contributed by atoms with Gasteiger partial charge >= 0.3 is 6.09 Å². The van der Waals surface area contributed by atoms with Gasteiger partial charge in [-0.15, -0.1) is 0 Å². The highest BCUT2D eigenvalue weighted by molar-refractivity contribution is 5.79. The molecule has 0 bridgehead atoms. The highest BCUT2D eigenvalue weighted by Crippen LogP contribution is 2.44. The Morgan fingerprint density at radius 3 is 2.13 bits per heavy atom. The molecule has 0 atom stereocenters. The lowest BCUT2D eigenvalue weighted by Gasteiger charge is -2.14. The second-order valence-electron chi connectivity index (χ2n) is 8.26. The van der Waals surface area contributed by atoms with Gasteiger partial charge < -0.3 is 10.1 Å². The Morgan fingerprint density at radius 1 is 0.935 bits per heavy atom. The van der Waals surface area contributed by atoms with E-state index in [2.05, 4.69) is 86.8 Å². The summed E-state index contributed by atoms with van der Waals surface area (Å²) in [5, 5.41) is 2.87. The Kier molecular flexibility index (Phi) is 6.22. The summed E-state index contributed by atoms with van der Waals surface area (Å²) < 4.78 is 5.58. The lowest BCUT2D eigenvalue weighted by atomic mass is 9.98. The van der Waals surface area contributed by atoms with Crippen molar-refractivity contribution in [1.29, 1.82) is 0 Å². The molecule has 0 aliphatic heterocycles. The Morgan fingerprint density at radius 2 is 1.52 bits per heavy atom. The van der Waals surface area contributed by atoms with Crippen molar-refractivity contribution in [2.75, 3.05) is 13.2 Å². The van der Waals surface area contributed by atoms with Crippen LogP contribution >= 0.6 is 0 Å². The van der Waals surface area contributed by atoms with E-state index in [0.717, 1.165) is 6.42 Å². The zero-order valence-electron chi connectivity index (χ0n) is 18.4. The summed E-state index contributed by atoms with van der Waals surface area (Å²) in [5.41, 5.74) is 10.0. The molecule has 0 saturated carbocycles. The molecule has 0 heterocycles. The molecule has 0 saturated heterocycles. The van der Waals surface area contributed by atoms with Gasteiger partial charge in [0, 0.05) is 12.5 Å². The molecule has 3 aromatic carbocycles. The molecule has 1 aliphatic rings. The maximum Gasteiger partial charge on any atom is 0.407 e. The van der Waals surface area contributed by atoms with Crippen molar-refractivity contribution in [2.24, 2.45) is 0 Å². The van der Waals surface area contributed by atoms with Crippen molar-refractivity contribution in [2.45, 2.75) is 33.1 Å². The number of alkyl carbamates (subject to hydrolysis) is 1. The number of rotatable bonds is 6. The average molecular weight is 412 g/mol. The maximum atomic E-state index is 12.2. The molecule has 31 heavy (non-hydrogen) atoms. The monoisotopic (exact) mass is 411 g/mol. The summed E-state index contributed by atoms with van der Waals surface area (Å²) in [7, 11) is 0. The molecule has 3 aromatic rings. The highest BCUT2D eigenvalue weighted by atomic mass is 16.5. The highest BCUT2D eigenvalue weighted by Gasteiger charge is 2.28. The van der Waals surface area contributed by atoms with Gasteiger partial charge in [-0.1, -0.05) is 78.4 Å². The third-order valence-electron chi connectivity index (χ3n) is 5.95. The normalized spacial score (nSPS) is 12.6. The first kappa shape index (κ1) is 20.9. The standard InChI is InChI=1S/C28H29NO2/c1-19-16-20(2)22(21(3)17-19)10-8-9-15-29-28(30)31-18-27-25-13-6-4-11-23(25)24-12-5-7-14-26(24)27/h4-8,10-14,16-17,27H,9,15,18H2,1-3H3,(H,29,30). The average Bonchev–Trinajstić information content (AvgIpc) is 3.07. The first-order chi connectivity index (χ1) is 15.0. The van der Waals surface area contributed by atoms with E-state index in [4.69, 9.17) is 4.74 Å². The fourth-order valence-electron chi connectivity index (χ4n) is 4.56. The van der Waals surface area contributed by atoms with Crippen molar-refractivity contribution in [3.63, 3.8) is 0 Å². The molecule has 0 aromatic heterocycles. The topological polar surface area (TPSA) is 38.3 Å². The van der Waals surface area contributed by atoms with E-state index in [-0.39, 0.29) is 12.0 Å². The van der Waals surface area contributed by atoms with Gasteiger partial charge in [0.25, 0.3) is 0 Å². The molecule has 3 heteroatoms. The Hall–Kier alpha value is -3.33. The predicted molar refractivity (Wildman–Crippen MR) is 127 cm³/mol. The van der Waals surface area contributed by atoms with Crippen LogP contribution in [0.2, 0.25) is 0 Å². The number of aryl methyl sites for hydroxylation is 3. The number of carbonyl (C=O) groups excluding carboxylic acids is 1. The minimum absolute atomic E-state index is 0.0885. The number of nitrogens with one attached hydrogen (secondary N) is 1. The SMILES string of the molecule is Cc1cc(C)c(C=CCCNC(=O)OCC2c3ccccc3-c3ccccc32)c(C)c1. The van der Waals surface area contributed by atoms with Crippen molar-refractivity contribution >= 4 is 12.2 Å². The van der Waals surface area contributed by atoms with E-state index in [1.807, 2.05) is 12.1 Å². The number of fused-ring (bicyclic) bond motifs is 3. The van der Waals surface area contributed by atoms with Crippen molar-refractivity contribution < 1.29 is 9.53 Å². The molecule has 1 N–H and O–H groups in total. The second-order valence-corrected chi connectivity index (χ2v) is 8.26. The van der Waals surface area contributed by atoms with Crippen LogP contribution in [0.3, 0.4) is 0 Å². The van der Waals surface area contributed by atoms with E-state index in [1.54, 1.807) is 0 Å². The summed E-state index contributed by atoms with van der Waals surface area (Å²) in [4.78, 5) is 12.2. The van der Waals surface area contributed by atoms with Gasteiger partial charge in [-0.2, -0.15) is 0 Å². The molecule has 0 fully saturated rings. The molecule has 0 spiro atoms. The van der Waals surface area contributed by atoms with Crippen LogP contribution in [-0.2, 0) is 4.74 Å². The van der Waals surface area contributed by atoms with Crippen molar-refractivity contribution in [1.82, 2.24) is 5.32 Å². The number of benzene rings is 3. The van der Waals surface area contributed by atoms with Gasteiger partial charge in [0.05, 0.1) is 0 Å². The molecular weight excluding hydrogens is 382 g/mol. The molecule has 1 aliphatic carbocycles. The Balaban J connectivity index is 1.29. The van der Waals surface area contributed by atoms with Crippen LogP contribution in [0.4, 0.5) is 4.79 Å². The smallest absolute Gasteiger partial charge is 0.407 e. The quantitative estimate of drug-likeness (QED) is 0.467. The predicted octanol–water partition coefficient (Wildman–Crippen LogP) is 6.55. The second kappa shape index (κ2) is 9.22. The zero-order chi connectivity index (χ0) is 21.8. The zero-order valence-corrected chi connectivity index (χ0v) is 18.4. The van der Waals surface area contributed by atoms with E-state index < -0.39 is 0 Å². The fraction of sp³-hybridized carbons (Fsp3) is 0.250. The minimum Gasteiger partial charge on any atom is -0.449 e. The van der Waals surface area contributed by atoms with Crippen molar-refractivity contribution in [3.05, 3.63) is 100 Å². The van der Waals surface area contributed by atoms with Gasteiger partial charge in [0.1, 0.15) is 6.61 Å². The summed E-state index contributed by atoms with van der Waals surface area (Å²) in [5.74, 6) is 0.0885. The number of amides is 1. The summed E-state index contributed by atoms with van der Waals surface area (Å²) >= 11 is 0. The van der Waals surface area contributed by atoms with E-state index in [0.29, 0.717) is 13.2 Å². The van der Waals surface area contributed by atoms with Crippen LogP contribution < -0.4 is 5.32 Å². The van der Waals surface area contributed by atoms with Crippen LogP contribution in [0.5, 0.6) is 0 Å². The van der Waals surface area contributed by atoms with Crippen LogP contribution in [0.1, 0.15) is 45.7 Å². The maximum absolute atomic E-state index is 12.2. The summed E-state index contributed by atoms with van der Waals surface area (Å²) in [6.07, 6.45) is 4.65. The van der Waals surface area contributed by atoms with E-state index in [1.165, 1.54) is 44.5 Å². The number of carbonyl (C=O) groups is 1. The number of hydrogen-bond donors (Lipinski definition) is 1. The molecule has 0 radical (unpaired) electrons. The van der Waals surface area contributed by atoms with Crippen LogP contribution in [0, 0.1) is 20.8 Å². The fourth-order valence-corrected chi connectivity index (χ4v) is 4.56. The van der Waals surface area contributed by atoms with E-state index in [9.17, 15) is 4.79 Å². The molecule has 4 rings (SSSR count). The first-order valence-electron chi connectivity index (χ1n) is 10.9. The molecular formula is C28H29NO2. The Bertz CT molecular complexity index is 1060. The van der Waals surface area contributed by atoms with Crippen LogP contribution in [0.25, 0.3) is 17.2 Å². The molecule has 1 amide bonds. The lowest BCUT2D eigenvalue weighted by Crippen LogP contribution is -2.26. The third kappa shape index (κ3) is 4.56. The van der Waals surface area contributed by atoms with Gasteiger partial charge in [-0.25, -0.2) is 4.79 Å². The Labute approximate surface area is 184 Å².